The molecule has 5 heteroatoms. The minimum Gasteiger partial charge on any atom is -0.394 e. The highest BCUT2D eigenvalue weighted by atomic mass is 35.5. The molecule has 1 heterocycles. The average molecular weight is 191 g/mol. The van der Waals surface area contributed by atoms with Gasteiger partial charge < -0.3 is 11.1 Å². The first-order chi connectivity index (χ1) is 5.24. The molecule has 0 saturated heterocycles. The molecule has 0 bridgehead atoms. The summed E-state index contributed by atoms with van der Waals surface area (Å²) in [5.74, 6) is 0.786. The Bertz CT molecular complexity index is 233. The molecule has 0 amide bonds. The third-order valence-corrected chi connectivity index (χ3v) is 1.40. The number of nitrogens with one attached hydrogen (secondary N) is 1. The summed E-state index contributed by atoms with van der Waals surface area (Å²) in [7, 11) is 1.85. The van der Waals surface area contributed by atoms with E-state index in [2.05, 4.69) is 17.3 Å². The van der Waals surface area contributed by atoms with Crippen molar-refractivity contribution in [2.24, 2.45) is 7.05 Å². The second-order valence-electron chi connectivity index (χ2n) is 2.53. The van der Waals surface area contributed by atoms with E-state index in [1.54, 1.807) is 10.9 Å². The van der Waals surface area contributed by atoms with Crippen LogP contribution in [0.25, 0.3) is 0 Å². The molecule has 12 heavy (non-hydrogen) atoms. The van der Waals surface area contributed by atoms with Gasteiger partial charge in [0.15, 0.2) is 5.82 Å². The predicted molar refractivity (Wildman–Crippen MR) is 53.6 cm³/mol. The van der Waals surface area contributed by atoms with Crippen molar-refractivity contribution in [3.63, 3.8) is 0 Å². The van der Waals surface area contributed by atoms with Gasteiger partial charge in [0.05, 0.1) is 5.69 Å². The van der Waals surface area contributed by atoms with Crippen LogP contribution in [0.5, 0.6) is 0 Å². The Labute approximate surface area is 78.5 Å². The van der Waals surface area contributed by atoms with Crippen LogP contribution in [0.15, 0.2) is 6.20 Å². The molecule has 0 atom stereocenters. The van der Waals surface area contributed by atoms with Gasteiger partial charge in [0.1, 0.15) is 0 Å². The Kier molecular flexibility index (Phi) is 4.51. The summed E-state index contributed by atoms with van der Waals surface area (Å²) in [5.41, 5.74) is 6.35. The fourth-order valence-electron chi connectivity index (χ4n) is 0.888. The summed E-state index contributed by atoms with van der Waals surface area (Å²) in [6.07, 6.45) is 2.87. The number of anilines is 2. The molecule has 70 valence electrons. The molecule has 0 unspecified atom stereocenters. The van der Waals surface area contributed by atoms with E-state index in [-0.39, 0.29) is 12.4 Å². The zero-order valence-electron chi connectivity index (χ0n) is 7.37. The van der Waals surface area contributed by atoms with Crippen molar-refractivity contribution >= 4 is 23.9 Å². The van der Waals surface area contributed by atoms with Crippen molar-refractivity contribution in [1.82, 2.24) is 9.78 Å². The van der Waals surface area contributed by atoms with Gasteiger partial charge in [0, 0.05) is 19.8 Å². The largest absolute Gasteiger partial charge is 0.394 e. The van der Waals surface area contributed by atoms with Crippen LogP contribution < -0.4 is 11.1 Å². The van der Waals surface area contributed by atoms with Crippen molar-refractivity contribution in [1.29, 1.82) is 0 Å². The van der Waals surface area contributed by atoms with E-state index < -0.39 is 0 Å². The number of nitrogens with zero attached hydrogens (tertiary/aromatic N) is 2. The van der Waals surface area contributed by atoms with Gasteiger partial charge in [-0.1, -0.05) is 6.92 Å². The van der Waals surface area contributed by atoms with Crippen molar-refractivity contribution in [2.75, 3.05) is 17.6 Å². The Morgan fingerprint density at radius 3 is 2.75 bits per heavy atom. The summed E-state index contributed by atoms with van der Waals surface area (Å²) >= 11 is 0. The summed E-state index contributed by atoms with van der Waals surface area (Å²) in [5, 5.41) is 7.25. The summed E-state index contributed by atoms with van der Waals surface area (Å²) in [6, 6.07) is 0. The molecule has 0 fully saturated rings. The van der Waals surface area contributed by atoms with E-state index in [1.165, 1.54) is 0 Å². The zero-order valence-corrected chi connectivity index (χ0v) is 8.19. The summed E-state index contributed by atoms with van der Waals surface area (Å²) in [6.45, 7) is 3.02. The van der Waals surface area contributed by atoms with Crippen LogP contribution >= 0.6 is 12.4 Å². The quantitative estimate of drug-likeness (QED) is 0.755. The normalized spacial score (nSPS) is 9.17. The fourth-order valence-corrected chi connectivity index (χ4v) is 0.888. The number of nitrogen functional groups attached to an aromatic ring is 1. The average Bonchev–Trinajstić information content (AvgIpc) is 2.26. The van der Waals surface area contributed by atoms with Crippen LogP contribution in [0.4, 0.5) is 11.5 Å². The third-order valence-electron chi connectivity index (χ3n) is 1.40. The number of hydrogen-bond donors (Lipinski definition) is 2. The van der Waals surface area contributed by atoms with E-state index in [0.29, 0.717) is 5.69 Å². The molecular weight excluding hydrogens is 176 g/mol. The van der Waals surface area contributed by atoms with Crippen molar-refractivity contribution in [3.8, 4) is 0 Å². The van der Waals surface area contributed by atoms with E-state index in [4.69, 9.17) is 5.73 Å². The van der Waals surface area contributed by atoms with Crippen LogP contribution in [-0.4, -0.2) is 16.3 Å². The molecule has 0 spiro atoms. The van der Waals surface area contributed by atoms with Crippen molar-refractivity contribution < 1.29 is 0 Å². The van der Waals surface area contributed by atoms with E-state index in [0.717, 1.165) is 18.8 Å². The number of hydrogen-bond acceptors (Lipinski definition) is 3. The lowest BCUT2D eigenvalue weighted by Gasteiger charge is -1.99. The van der Waals surface area contributed by atoms with Gasteiger partial charge in [-0.2, -0.15) is 5.10 Å². The minimum absolute atomic E-state index is 0. The first kappa shape index (κ1) is 11.1. The Morgan fingerprint density at radius 1 is 1.67 bits per heavy atom. The molecular formula is C7H15ClN4. The van der Waals surface area contributed by atoms with Crippen LogP contribution in [0, 0.1) is 0 Å². The molecule has 0 aliphatic rings. The molecule has 4 nitrogen and oxygen atoms in total. The molecule has 0 radical (unpaired) electrons. The Balaban J connectivity index is 0.00000121. The van der Waals surface area contributed by atoms with Gasteiger partial charge in [-0.15, -0.1) is 12.4 Å². The number of rotatable bonds is 3. The minimum atomic E-state index is 0. The molecule has 0 aromatic carbocycles. The first-order valence-electron chi connectivity index (χ1n) is 3.77. The van der Waals surface area contributed by atoms with Gasteiger partial charge in [0.2, 0.25) is 0 Å². The SMILES string of the molecule is CCCNc1nn(C)cc1N.Cl. The van der Waals surface area contributed by atoms with Gasteiger partial charge in [-0.25, -0.2) is 0 Å². The van der Waals surface area contributed by atoms with Crippen molar-refractivity contribution in [2.45, 2.75) is 13.3 Å². The lowest BCUT2D eigenvalue weighted by Crippen LogP contribution is -2.02. The highest BCUT2D eigenvalue weighted by Gasteiger charge is 2.00. The monoisotopic (exact) mass is 190 g/mol. The van der Waals surface area contributed by atoms with Crippen LogP contribution in [-0.2, 0) is 7.05 Å². The molecule has 0 aliphatic heterocycles. The topological polar surface area (TPSA) is 55.9 Å². The maximum atomic E-state index is 5.64. The molecule has 1 aromatic rings. The smallest absolute Gasteiger partial charge is 0.171 e. The van der Waals surface area contributed by atoms with Crippen LogP contribution in [0.1, 0.15) is 13.3 Å². The second-order valence-corrected chi connectivity index (χ2v) is 2.53. The molecule has 0 saturated carbocycles. The zero-order chi connectivity index (χ0) is 8.27. The highest BCUT2D eigenvalue weighted by molar-refractivity contribution is 5.85. The second kappa shape index (κ2) is 4.87. The van der Waals surface area contributed by atoms with Crippen LogP contribution in [0.2, 0.25) is 0 Å². The molecule has 1 rings (SSSR count). The van der Waals surface area contributed by atoms with E-state index in [1.807, 2.05) is 7.05 Å². The van der Waals surface area contributed by atoms with E-state index >= 15 is 0 Å². The van der Waals surface area contributed by atoms with Crippen molar-refractivity contribution in [3.05, 3.63) is 6.20 Å². The van der Waals surface area contributed by atoms with Gasteiger partial charge in [0.25, 0.3) is 0 Å². The lowest BCUT2D eigenvalue weighted by atomic mass is 10.4. The number of nitrogens with two attached hydrogens (primary N) is 1. The summed E-state index contributed by atoms with van der Waals surface area (Å²) < 4.78 is 1.70. The number of aryl methyl sites for hydroxylation is 1. The third kappa shape index (κ3) is 2.62. The van der Waals surface area contributed by atoms with Crippen LogP contribution in [0.3, 0.4) is 0 Å². The summed E-state index contributed by atoms with van der Waals surface area (Å²) in [4.78, 5) is 0. The van der Waals surface area contributed by atoms with Gasteiger partial charge in [-0.3, -0.25) is 4.68 Å². The maximum absolute atomic E-state index is 5.64. The van der Waals surface area contributed by atoms with E-state index in [9.17, 15) is 0 Å². The first-order valence-corrected chi connectivity index (χ1v) is 3.77. The lowest BCUT2D eigenvalue weighted by molar-refractivity contribution is 0.767. The molecule has 1 aromatic heterocycles. The fraction of sp³-hybridized carbons (Fsp3) is 0.571. The molecule has 0 aliphatic carbocycles. The number of halogens is 1. The predicted octanol–water partition coefficient (Wildman–Crippen LogP) is 1.25. The number of aromatic nitrogens is 2. The maximum Gasteiger partial charge on any atom is 0.171 e. The van der Waals surface area contributed by atoms with Gasteiger partial charge >= 0.3 is 0 Å². The Hall–Kier alpha value is -0.900. The molecule has 3 N–H and O–H groups in total. The Morgan fingerprint density at radius 2 is 2.33 bits per heavy atom. The standard InChI is InChI=1S/C7H14N4.ClH/c1-3-4-9-7-6(8)5-11(2)10-7;/h5H,3-4,8H2,1-2H3,(H,9,10);1H. The van der Waals surface area contributed by atoms with Gasteiger partial charge in [-0.05, 0) is 6.42 Å². The highest BCUT2D eigenvalue weighted by Crippen LogP contribution is 2.13.